The number of amides is 1. The van der Waals surface area contributed by atoms with Gasteiger partial charge in [0, 0.05) is 33.1 Å². The largest absolute Gasteiger partial charge is 0.390 e. The maximum absolute atomic E-state index is 10.9. The van der Waals surface area contributed by atoms with Crippen molar-refractivity contribution in [3.05, 3.63) is 0 Å². The zero-order chi connectivity index (χ0) is 12.4. The van der Waals surface area contributed by atoms with Gasteiger partial charge in [0.25, 0.3) is 0 Å². The summed E-state index contributed by atoms with van der Waals surface area (Å²) in [5, 5.41) is 15.3. The fraction of sp³-hybridized carbons (Fsp3) is 0.909. The summed E-state index contributed by atoms with van der Waals surface area (Å²) < 4.78 is 0. The molecule has 5 nitrogen and oxygen atoms in total. The molecule has 0 saturated carbocycles. The molecule has 16 heavy (non-hydrogen) atoms. The van der Waals surface area contributed by atoms with Crippen molar-refractivity contribution in [2.45, 2.75) is 26.4 Å². The van der Waals surface area contributed by atoms with E-state index in [1.54, 1.807) is 7.05 Å². The number of nitrogens with zero attached hydrogens (tertiary/aromatic N) is 1. The Bertz CT molecular complexity index is 184. The molecule has 0 rings (SSSR count). The Hall–Kier alpha value is -0.650. The van der Waals surface area contributed by atoms with Crippen LogP contribution in [-0.4, -0.2) is 61.8 Å². The van der Waals surface area contributed by atoms with Gasteiger partial charge in [0.2, 0.25) is 5.91 Å². The van der Waals surface area contributed by atoms with Crippen molar-refractivity contribution in [2.75, 3.05) is 39.8 Å². The second-order valence-electron chi connectivity index (χ2n) is 3.77. The van der Waals surface area contributed by atoms with E-state index in [9.17, 15) is 9.90 Å². The minimum absolute atomic E-state index is 0.0192. The Kier molecular flexibility index (Phi) is 9.18. The first kappa shape index (κ1) is 15.3. The normalized spacial score (nSPS) is 12.8. The van der Waals surface area contributed by atoms with Crippen LogP contribution in [0, 0.1) is 0 Å². The van der Waals surface area contributed by atoms with Gasteiger partial charge >= 0.3 is 0 Å². The molecule has 3 N–H and O–H groups in total. The average Bonchev–Trinajstić information content (AvgIpc) is 2.31. The number of carbonyl (C=O) groups excluding carboxylic acids is 1. The van der Waals surface area contributed by atoms with Gasteiger partial charge in [0.15, 0.2) is 0 Å². The van der Waals surface area contributed by atoms with Crippen molar-refractivity contribution in [3.8, 4) is 0 Å². The van der Waals surface area contributed by atoms with Gasteiger partial charge in [-0.2, -0.15) is 0 Å². The van der Waals surface area contributed by atoms with Crippen molar-refractivity contribution in [1.29, 1.82) is 0 Å². The second-order valence-corrected chi connectivity index (χ2v) is 3.77. The Labute approximate surface area is 98.2 Å². The number of carbonyl (C=O) groups is 1. The average molecular weight is 231 g/mol. The highest BCUT2D eigenvalue weighted by molar-refractivity contribution is 5.75. The number of rotatable bonds is 9. The van der Waals surface area contributed by atoms with Crippen LogP contribution in [0.2, 0.25) is 0 Å². The van der Waals surface area contributed by atoms with E-state index in [0.717, 1.165) is 13.1 Å². The molecule has 0 saturated heterocycles. The Morgan fingerprint density at radius 1 is 1.38 bits per heavy atom. The van der Waals surface area contributed by atoms with Crippen molar-refractivity contribution < 1.29 is 9.90 Å². The monoisotopic (exact) mass is 231 g/mol. The molecule has 0 spiro atoms. The molecule has 96 valence electrons. The maximum atomic E-state index is 10.9. The highest BCUT2D eigenvalue weighted by atomic mass is 16.3. The summed E-state index contributed by atoms with van der Waals surface area (Å²) in [6.07, 6.45) is 0.0821. The first-order valence-electron chi connectivity index (χ1n) is 5.95. The molecule has 0 aliphatic heterocycles. The van der Waals surface area contributed by atoms with Crippen LogP contribution in [0.25, 0.3) is 0 Å². The lowest BCUT2D eigenvalue weighted by Crippen LogP contribution is -2.39. The van der Waals surface area contributed by atoms with Crippen molar-refractivity contribution in [2.24, 2.45) is 0 Å². The summed E-state index contributed by atoms with van der Waals surface area (Å²) in [4.78, 5) is 13.1. The van der Waals surface area contributed by atoms with E-state index >= 15 is 0 Å². The first-order chi connectivity index (χ1) is 7.63. The molecule has 1 atom stereocenters. The van der Waals surface area contributed by atoms with Crippen molar-refractivity contribution >= 4 is 5.91 Å². The number of hydrogen-bond acceptors (Lipinski definition) is 4. The van der Waals surface area contributed by atoms with Crippen LogP contribution >= 0.6 is 0 Å². The molecular weight excluding hydrogens is 206 g/mol. The quantitative estimate of drug-likeness (QED) is 0.464. The fourth-order valence-corrected chi connectivity index (χ4v) is 1.44. The molecular formula is C11H25N3O2. The van der Waals surface area contributed by atoms with E-state index in [1.165, 1.54) is 0 Å². The third kappa shape index (κ3) is 7.62. The molecule has 1 unspecified atom stereocenters. The predicted molar refractivity (Wildman–Crippen MR) is 65.3 cm³/mol. The predicted octanol–water partition coefficient (Wildman–Crippen LogP) is -0.585. The summed E-state index contributed by atoms with van der Waals surface area (Å²) in [7, 11) is 1.62. The van der Waals surface area contributed by atoms with Gasteiger partial charge in [-0.05, 0) is 13.1 Å². The van der Waals surface area contributed by atoms with Gasteiger partial charge in [-0.1, -0.05) is 13.8 Å². The number of likely N-dealkylation sites (N-methyl/N-ethyl adjacent to an activating group) is 1. The van der Waals surface area contributed by atoms with Gasteiger partial charge in [-0.25, -0.2) is 0 Å². The summed E-state index contributed by atoms with van der Waals surface area (Å²) in [6, 6.07) is 0. The number of hydrogen-bond donors (Lipinski definition) is 3. The lowest BCUT2D eigenvalue weighted by atomic mass is 10.3. The number of nitrogens with one attached hydrogen (secondary N) is 2. The van der Waals surface area contributed by atoms with Crippen LogP contribution in [0.3, 0.4) is 0 Å². The summed E-state index contributed by atoms with van der Waals surface area (Å²) in [5.74, 6) is 0.0192. The minimum Gasteiger partial charge on any atom is -0.390 e. The number of aliphatic hydroxyl groups is 1. The molecule has 5 heteroatoms. The molecule has 0 bridgehead atoms. The Morgan fingerprint density at radius 2 is 2.00 bits per heavy atom. The molecule has 1 amide bonds. The van der Waals surface area contributed by atoms with E-state index in [1.807, 2.05) is 0 Å². The van der Waals surface area contributed by atoms with E-state index in [-0.39, 0.29) is 12.0 Å². The van der Waals surface area contributed by atoms with Gasteiger partial charge in [0.1, 0.15) is 0 Å². The third-order valence-corrected chi connectivity index (χ3v) is 2.55. The Morgan fingerprint density at radius 3 is 2.50 bits per heavy atom. The molecule has 0 aliphatic rings. The topological polar surface area (TPSA) is 64.6 Å². The maximum Gasteiger partial charge on any atom is 0.221 e. The third-order valence-electron chi connectivity index (χ3n) is 2.55. The van der Waals surface area contributed by atoms with Crippen molar-refractivity contribution in [1.82, 2.24) is 15.5 Å². The van der Waals surface area contributed by atoms with Crippen LogP contribution in [-0.2, 0) is 4.79 Å². The number of aliphatic hydroxyl groups excluding tert-OH is 1. The first-order valence-corrected chi connectivity index (χ1v) is 5.95. The highest BCUT2D eigenvalue weighted by Gasteiger charge is 2.08. The molecule has 0 aromatic heterocycles. The summed E-state index contributed by atoms with van der Waals surface area (Å²) in [6.45, 7) is 7.88. The van der Waals surface area contributed by atoms with E-state index < -0.39 is 0 Å². The van der Waals surface area contributed by atoms with E-state index in [0.29, 0.717) is 26.1 Å². The minimum atomic E-state index is -0.371. The molecule has 0 heterocycles. The lowest BCUT2D eigenvalue weighted by molar-refractivity contribution is -0.120. The van der Waals surface area contributed by atoms with Gasteiger partial charge in [-0.15, -0.1) is 0 Å². The van der Waals surface area contributed by atoms with Crippen LogP contribution in [0.1, 0.15) is 20.3 Å². The standard InChI is InChI=1S/C11H25N3O2/c1-4-14(5-2)9-10(15)8-13-7-6-11(16)12-3/h10,13,15H,4-9H2,1-3H3,(H,12,16). The van der Waals surface area contributed by atoms with Crippen LogP contribution in [0.15, 0.2) is 0 Å². The SMILES string of the molecule is CCN(CC)CC(O)CNCCC(=O)NC. The van der Waals surface area contributed by atoms with E-state index in [2.05, 4.69) is 29.4 Å². The van der Waals surface area contributed by atoms with Crippen LogP contribution in [0.5, 0.6) is 0 Å². The fourth-order valence-electron chi connectivity index (χ4n) is 1.44. The van der Waals surface area contributed by atoms with Gasteiger partial charge in [0.05, 0.1) is 6.10 Å². The molecule has 0 radical (unpaired) electrons. The van der Waals surface area contributed by atoms with Gasteiger partial charge in [-0.3, -0.25) is 4.79 Å². The van der Waals surface area contributed by atoms with Crippen molar-refractivity contribution in [3.63, 3.8) is 0 Å². The zero-order valence-electron chi connectivity index (χ0n) is 10.6. The molecule has 0 aromatic carbocycles. The smallest absolute Gasteiger partial charge is 0.221 e. The van der Waals surface area contributed by atoms with Crippen LogP contribution in [0.4, 0.5) is 0 Å². The Balaban J connectivity index is 3.49. The highest BCUT2D eigenvalue weighted by Crippen LogP contribution is 1.91. The lowest BCUT2D eigenvalue weighted by Gasteiger charge is -2.21. The van der Waals surface area contributed by atoms with Crippen LogP contribution < -0.4 is 10.6 Å². The summed E-state index contributed by atoms with van der Waals surface area (Å²) >= 11 is 0. The van der Waals surface area contributed by atoms with E-state index in [4.69, 9.17) is 0 Å². The molecule has 0 fully saturated rings. The van der Waals surface area contributed by atoms with Gasteiger partial charge < -0.3 is 20.6 Å². The molecule has 0 aromatic rings. The molecule has 0 aliphatic carbocycles. The summed E-state index contributed by atoms with van der Waals surface area (Å²) in [5.41, 5.74) is 0. The second kappa shape index (κ2) is 9.57. The zero-order valence-corrected chi connectivity index (χ0v) is 10.6.